The van der Waals surface area contributed by atoms with Crippen LogP contribution in [-0.2, 0) is 0 Å². The smallest absolute Gasteiger partial charge is 0.160 e. The lowest BCUT2D eigenvalue weighted by molar-refractivity contribution is 1.14. The Morgan fingerprint density at radius 2 is 1.19 bits per heavy atom. The molecule has 0 aliphatic heterocycles. The minimum absolute atomic E-state index is 0.738. The summed E-state index contributed by atoms with van der Waals surface area (Å²) in [6.07, 6.45) is 9.24. The Balaban J connectivity index is 1.59. The molecule has 3 heteroatoms. The van der Waals surface area contributed by atoms with Gasteiger partial charge in [-0.25, -0.2) is 9.97 Å². The second-order valence-electron chi connectivity index (χ2n) is 7.62. The molecular weight excluding hydrogens is 456 g/mol. The lowest BCUT2D eigenvalue weighted by Crippen LogP contribution is -1.98. The highest BCUT2D eigenvalue weighted by molar-refractivity contribution is 9.11. The molecule has 0 atom stereocenters. The van der Waals surface area contributed by atoms with Crippen LogP contribution in [0.25, 0.3) is 39.3 Å². The third-order valence-corrected chi connectivity index (χ3v) is 5.96. The van der Waals surface area contributed by atoms with Crippen LogP contribution in [0.3, 0.4) is 0 Å². The average Bonchev–Trinajstić information content (AvgIpc) is 3.09. The van der Waals surface area contributed by atoms with Crippen molar-refractivity contribution in [3.05, 3.63) is 125 Å². The van der Waals surface area contributed by atoms with Gasteiger partial charge in [0.05, 0.1) is 11.4 Å². The van der Waals surface area contributed by atoms with Crippen LogP contribution in [0.4, 0.5) is 0 Å². The summed E-state index contributed by atoms with van der Waals surface area (Å²) in [5.41, 5.74) is 7.52. The number of aromatic nitrogens is 2. The maximum Gasteiger partial charge on any atom is 0.160 e. The van der Waals surface area contributed by atoms with Gasteiger partial charge in [-0.05, 0) is 35.3 Å². The van der Waals surface area contributed by atoms with Crippen molar-refractivity contribution in [2.75, 3.05) is 0 Å². The first-order valence-corrected chi connectivity index (χ1v) is 11.4. The van der Waals surface area contributed by atoms with Crippen LogP contribution in [0.2, 0.25) is 0 Å². The molecule has 0 spiro atoms. The number of hydrogen-bond donors (Lipinski definition) is 0. The Hall–Kier alpha value is -3.56. The van der Waals surface area contributed by atoms with Crippen LogP contribution >= 0.6 is 15.9 Å². The summed E-state index contributed by atoms with van der Waals surface area (Å²) < 4.78 is 1.06. The largest absolute Gasteiger partial charge is 0.228 e. The molecule has 1 aliphatic carbocycles. The summed E-state index contributed by atoms with van der Waals surface area (Å²) >= 11 is 3.56. The fourth-order valence-corrected chi connectivity index (χ4v) is 4.05. The summed E-state index contributed by atoms with van der Waals surface area (Å²) in [7, 11) is 0. The Morgan fingerprint density at radius 3 is 1.91 bits per heavy atom. The van der Waals surface area contributed by atoms with E-state index >= 15 is 0 Å². The maximum absolute atomic E-state index is 4.93. The summed E-state index contributed by atoms with van der Waals surface area (Å²) in [6, 6.07) is 31.3. The van der Waals surface area contributed by atoms with Gasteiger partial charge in [-0.15, -0.1) is 0 Å². The van der Waals surface area contributed by atoms with E-state index in [1.807, 2.05) is 24.3 Å². The van der Waals surface area contributed by atoms with Gasteiger partial charge in [0.2, 0.25) is 0 Å². The van der Waals surface area contributed by atoms with E-state index in [0.717, 1.165) is 44.8 Å². The minimum atomic E-state index is 0.738. The zero-order valence-electron chi connectivity index (χ0n) is 17.4. The molecule has 0 bridgehead atoms. The number of benzene rings is 3. The van der Waals surface area contributed by atoms with Crippen molar-refractivity contribution in [3.8, 4) is 33.8 Å². The van der Waals surface area contributed by atoms with Gasteiger partial charge < -0.3 is 0 Å². The van der Waals surface area contributed by atoms with Crippen LogP contribution in [0.15, 0.2) is 120 Å². The molecule has 0 saturated heterocycles. The number of halogens is 1. The molecule has 154 valence electrons. The van der Waals surface area contributed by atoms with E-state index in [1.54, 1.807) is 0 Å². The van der Waals surface area contributed by atoms with Gasteiger partial charge in [-0.1, -0.05) is 119 Å². The molecule has 32 heavy (non-hydrogen) atoms. The SMILES string of the molecule is BrC1=CC=C(c2cc(-c3ccc(-c4ccccc4)cc3)nc(-c3ccccc3)n2)CC=C1. The molecule has 0 radical (unpaired) electrons. The van der Waals surface area contributed by atoms with Crippen molar-refractivity contribution in [1.29, 1.82) is 0 Å². The summed E-state index contributed by atoms with van der Waals surface area (Å²) in [6.45, 7) is 0. The van der Waals surface area contributed by atoms with Gasteiger partial charge >= 0.3 is 0 Å². The quantitative estimate of drug-likeness (QED) is 0.297. The van der Waals surface area contributed by atoms with Crippen LogP contribution in [0.1, 0.15) is 12.1 Å². The topological polar surface area (TPSA) is 25.8 Å². The second kappa shape index (κ2) is 9.29. The van der Waals surface area contributed by atoms with Gasteiger partial charge in [-0.2, -0.15) is 0 Å². The van der Waals surface area contributed by atoms with Crippen molar-refractivity contribution < 1.29 is 0 Å². The van der Waals surface area contributed by atoms with Gasteiger partial charge in [0, 0.05) is 15.6 Å². The highest BCUT2D eigenvalue weighted by atomic mass is 79.9. The molecule has 0 saturated carbocycles. The zero-order chi connectivity index (χ0) is 21.8. The molecular formula is C29H21BrN2. The van der Waals surface area contributed by atoms with E-state index in [0.29, 0.717) is 0 Å². The van der Waals surface area contributed by atoms with Crippen molar-refractivity contribution in [3.63, 3.8) is 0 Å². The normalized spacial score (nSPS) is 13.3. The molecule has 4 aromatic rings. The highest BCUT2D eigenvalue weighted by Gasteiger charge is 2.12. The fraction of sp³-hybridized carbons (Fsp3) is 0.0345. The van der Waals surface area contributed by atoms with Crippen LogP contribution in [-0.4, -0.2) is 9.97 Å². The van der Waals surface area contributed by atoms with E-state index in [2.05, 4.69) is 107 Å². The van der Waals surface area contributed by atoms with E-state index < -0.39 is 0 Å². The first-order chi connectivity index (χ1) is 15.8. The molecule has 2 nitrogen and oxygen atoms in total. The van der Waals surface area contributed by atoms with E-state index in [4.69, 9.17) is 9.97 Å². The van der Waals surface area contributed by atoms with Crippen molar-refractivity contribution in [2.24, 2.45) is 0 Å². The van der Waals surface area contributed by atoms with Crippen LogP contribution in [0.5, 0.6) is 0 Å². The van der Waals surface area contributed by atoms with Gasteiger partial charge in [0.25, 0.3) is 0 Å². The van der Waals surface area contributed by atoms with Crippen molar-refractivity contribution in [1.82, 2.24) is 9.97 Å². The van der Waals surface area contributed by atoms with Gasteiger partial charge in [0.1, 0.15) is 0 Å². The van der Waals surface area contributed by atoms with Crippen molar-refractivity contribution in [2.45, 2.75) is 6.42 Å². The Kier molecular flexibility index (Phi) is 5.91. The van der Waals surface area contributed by atoms with E-state index in [9.17, 15) is 0 Å². The average molecular weight is 477 g/mol. The third kappa shape index (κ3) is 4.53. The molecule has 1 aliphatic rings. The number of rotatable bonds is 4. The molecule has 3 aromatic carbocycles. The van der Waals surface area contributed by atoms with E-state index in [-0.39, 0.29) is 0 Å². The Morgan fingerprint density at radius 1 is 0.594 bits per heavy atom. The van der Waals surface area contributed by atoms with Gasteiger partial charge in [-0.3, -0.25) is 0 Å². The van der Waals surface area contributed by atoms with Crippen LogP contribution in [0, 0.1) is 0 Å². The Labute approximate surface area is 196 Å². The standard InChI is InChI=1S/C29H21BrN2/c30-26-13-7-12-23(18-19-26)27-20-28(32-29(31-27)25-10-5-2-6-11-25)24-16-14-22(15-17-24)21-8-3-1-4-9-21/h1-11,13-20H,12H2. The Bertz CT molecular complexity index is 1320. The molecule has 5 rings (SSSR count). The molecule has 0 amide bonds. The molecule has 0 N–H and O–H groups in total. The predicted molar refractivity (Wildman–Crippen MR) is 137 cm³/mol. The third-order valence-electron chi connectivity index (χ3n) is 5.43. The number of nitrogens with zero attached hydrogens (tertiary/aromatic N) is 2. The number of allylic oxidation sites excluding steroid dienone is 6. The van der Waals surface area contributed by atoms with E-state index in [1.165, 1.54) is 11.1 Å². The lowest BCUT2D eigenvalue weighted by Gasteiger charge is -2.11. The maximum atomic E-state index is 4.93. The predicted octanol–water partition coefficient (Wildman–Crippen LogP) is 8.10. The first kappa shape index (κ1) is 20.3. The zero-order valence-corrected chi connectivity index (χ0v) is 19.0. The molecule has 0 unspecified atom stereocenters. The number of hydrogen-bond acceptors (Lipinski definition) is 2. The minimum Gasteiger partial charge on any atom is -0.228 e. The fourth-order valence-electron chi connectivity index (χ4n) is 3.73. The van der Waals surface area contributed by atoms with Crippen LogP contribution < -0.4 is 0 Å². The lowest BCUT2D eigenvalue weighted by atomic mass is 10.0. The molecule has 1 aromatic heterocycles. The summed E-state index contributed by atoms with van der Waals surface area (Å²) in [4.78, 5) is 9.86. The highest BCUT2D eigenvalue weighted by Crippen LogP contribution is 2.30. The summed E-state index contributed by atoms with van der Waals surface area (Å²) in [5.74, 6) is 0.738. The van der Waals surface area contributed by atoms with Gasteiger partial charge in [0.15, 0.2) is 5.82 Å². The molecule has 1 heterocycles. The molecule has 0 fully saturated rings. The first-order valence-electron chi connectivity index (χ1n) is 10.6. The second-order valence-corrected chi connectivity index (χ2v) is 8.54. The van der Waals surface area contributed by atoms with Crippen molar-refractivity contribution >= 4 is 21.5 Å². The monoisotopic (exact) mass is 476 g/mol. The summed E-state index contributed by atoms with van der Waals surface area (Å²) in [5, 5.41) is 0.